The lowest BCUT2D eigenvalue weighted by Gasteiger charge is -2.17. The maximum atomic E-state index is 13.3. The summed E-state index contributed by atoms with van der Waals surface area (Å²) in [5.74, 6) is 0.313. The molecule has 32 heavy (non-hydrogen) atoms. The first-order chi connectivity index (χ1) is 15.4. The van der Waals surface area contributed by atoms with E-state index in [1.807, 2.05) is 26.8 Å². The van der Waals surface area contributed by atoms with Crippen molar-refractivity contribution in [2.24, 2.45) is 0 Å². The third-order valence-corrected chi connectivity index (χ3v) is 8.48. The van der Waals surface area contributed by atoms with Crippen molar-refractivity contribution in [3.05, 3.63) is 43.8 Å². The Balaban J connectivity index is 1.61. The molecular weight excluding hydrogens is 442 g/mol. The number of ether oxygens (including phenoxy) is 1. The van der Waals surface area contributed by atoms with Gasteiger partial charge >= 0.3 is 0 Å². The summed E-state index contributed by atoms with van der Waals surface area (Å²) in [6.45, 7) is 9.20. The molecule has 0 saturated carbocycles. The first-order valence-electron chi connectivity index (χ1n) is 11.3. The molecule has 0 aromatic carbocycles. The van der Waals surface area contributed by atoms with E-state index in [4.69, 9.17) is 9.72 Å². The molecule has 0 amide bonds. The summed E-state index contributed by atoms with van der Waals surface area (Å²) in [6, 6.07) is 2.12. The lowest BCUT2D eigenvalue weighted by atomic mass is 9.97. The lowest BCUT2D eigenvalue weighted by molar-refractivity contribution is 0.102. The second-order valence-electron chi connectivity index (χ2n) is 8.51. The predicted molar refractivity (Wildman–Crippen MR) is 132 cm³/mol. The van der Waals surface area contributed by atoms with Crippen molar-refractivity contribution in [2.75, 3.05) is 19.5 Å². The lowest BCUT2D eigenvalue weighted by Crippen LogP contribution is -2.23. The smallest absolute Gasteiger partial charge is 0.263 e. The minimum atomic E-state index is 0.0402. The van der Waals surface area contributed by atoms with Crippen LogP contribution in [0.5, 0.6) is 0 Å². The number of aryl methyl sites for hydroxylation is 3. The number of hydrogen-bond acceptors (Lipinski definition) is 6. The number of thioether (sulfide) groups is 1. The van der Waals surface area contributed by atoms with Crippen LogP contribution in [0.1, 0.15) is 64.9 Å². The summed E-state index contributed by atoms with van der Waals surface area (Å²) < 4.78 is 9.18. The van der Waals surface area contributed by atoms with Crippen LogP contribution in [-0.2, 0) is 24.1 Å². The Hall–Kier alpha value is -1.90. The van der Waals surface area contributed by atoms with Gasteiger partial charge < -0.3 is 9.30 Å². The molecule has 1 atom stereocenters. The van der Waals surface area contributed by atoms with Gasteiger partial charge in [-0.15, -0.1) is 11.3 Å². The minimum Gasteiger partial charge on any atom is -0.383 e. The fraction of sp³-hybridized carbons (Fsp3) is 0.542. The molecule has 172 valence electrons. The van der Waals surface area contributed by atoms with Crippen LogP contribution in [0.3, 0.4) is 0 Å². The van der Waals surface area contributed by atoms with E-state index in [0.717, 1.165) is 46.4 Å². The second kappa shape index (κ2) is 9.53. The first kappa shape index (κ1) is 23.3. The third kappa shape index (κ3) is 4.08. The van der Waals surface area contributed by atoms with Gasteiger partial charge in [0, 0.05) is 35.5 Å². The monoisotopic (exact) mass is 473 g/mol. The molecule has 0 spiro atoms. The summed E-state index contributed by atoms with van der Waals surface area (Å²) in [6.07, 6.45) is 4.33. The van der Waals surface area contributed by atoms with E-state index in [9.17, 15) is 9.59 Å². The molecule has 4 rings (SSSR count). The number of carbonyl (C=O) groups is 1. The van der Waals surface area contributed by atoms with Crippen LogP contribution >= 0.6 is 23.1 Å². The average molecular weight is 474 g/mol. The van der Waals surface area contributed by atoms with Gasteiger partial charge in [-0.25, -0.2) is 4.98 Å². The van der Waals surface area contributed by atoms with Crippen LogP contribution < -0.4 is 5.56 Å². The average Bonchev–Trinajstić information content (AvgIpc) is 3.28. The van der Waals surface area contributed by atoms with E-state index in [1.165, 1.54) is 28.6 Å². The summed E-state index contributed by atoms with van der Waals surface area (Å²) in [7, 11) is 1.69. The van der Waals surface area contributed by atoms with E-state index < -0.39 is 0 Å². The Morgan fingerprint density at radius 3 is 2.78 bits per heavy atom. The number of hydrogen-bond donors (Lipinski definition) is 0. The molecular formula is C24H31N3O3S2. The predicted octanol–water partition coefficient (Wildman–Crippen LogP) is 4.96. The van der Waals surface area contributed by atoms with E-state index in [0.29, 0.717) is 18.3 Å². The number of rotatable bonds is 8. The first-order valence-corrected chi connectivity index (χ1v) is 13.1. The third-order valence-electron chi connectivity index (χ3n) is 6.32. The van der Waals surface area contributed by atoms with Crippen molar-refractivity contribution in [2.45, 2.75) is 71.1 Å². The molecule has 0 N–H and O–H groups in total. The zero-order valence-electron chi connectivity index (χ0n) is 19.5. The summed E-state index contributed by atoms with van der Waals surface area (Å²) in [5, 5.41) is 1.44. The van der Waals surface area contributed by atoms with Crippen LogP contribution in [0.15, 0.2) is 16.0 Å². The van der Waals surface area contributed by atoms with E-state index >= 15 is 0 Å². The maximum absolute atomic E-state index is 13.3. The van der Waals surface area contributed by atoms with Crippen LogP contribution in [-0.4, -0.2) is 39.4 Å². The molecule has 3 aromatic rings. The Morgan fingerprint density at radius 1 is 1.31 bits per heavy atom. The zero-order chi connectivity index (χ0) is 23.0. The number of Topliss-reactive ketones (excluding diaryl/α,β-unsaturated/α-hetero) is 1. The van der Waals surface area contributed by atoms with Crippen LogP contribution in [0.2, 0.25) is 0 Å². The molecule has 6 nitrogen and oxygen atoms in total. The van der Waals surface area contributed by atoms with Gasteiger partial charge in [-0.2, -0.15) is 0 Å². The van der Waals surface area contributed by atoms with Gasteiger partial charge in [0.25, 0.3) is 5.56 Å². The number of carbonyl (C=O) groups excluding carboxylic acids is 1. The van der Waals surface area contributed by atoms with Gasteiger partial charge in [0.15, 0.2) is 10.9 Å². The highest BCUT2D eigenvalue weighted by molar-refractivity contribution is 7.99. The maximum Gasteiger partial charge on any atom is 0.263 e. The SMILES string of the molecule is CCn1c(SCC(=O)c2cc(C)n(C(C)COC)c2C)nc2sc3c(c2c1=O)CCCC3. The summed E-state index contributed by atoms with van der Waals surface area (Å²) in [5.41, 5.74) is 3.99. The highest BCUT2D eigenvalue weighted by Crippen LogP contribution is 2.35. The van der Waals surface area contributed by atoms with E-state index in [-0.39, 0.29) is 23.1 Å². The largest absolute Gasteiger partial charge is 0.383 e. The minimum absolute atomic E-state index is 0.0402. The molecule has 0 bridgehead atoms. The molecule has 0 radical (unpaired) electrons. The zero-order valence-corrected chi connectivity index (χ0v) is 21.1. The topological polar surface area (TPSA) is 66.1 Å². The fourth-order valence-electron chi connectivity index (χ4n) is 4.87. The molecule has 1 aliphatic carbocycles. The van der Waals surface area contributed by atoms with Crippen molar-refractivity contribution in [1.29, 1.82) is 0 Å². The summed E-state index contributed by atoms with van der Waals surface area (Å²) in [4.78, 5) is 33.4. The summed E-state index contributed by atoms with van der Waals surface area (Å²) >= 11 is 3.02. The van der Waals surface area contributed by atoms with Gasteiger partial charge in [0.05, 0.1) is 23.8 Å². The molecule has 1 unspecified atom stereocenters. The quantitative estimate of drug-likeness (QED) is 0.263. The van der Waals surface area contributed by atoms with Crippen molar-refractivity contribution in [1.82, 2.24) is 14.1 Å². The Bertz CT molecular complexity index is 1220. The number of nitrogens with zero attached hydrogens (tertiary/aromatic N) is 3. The highest BCUT2D eigenvalue weighted by Gasteiger charge is 2.23. The molecule has 0 aliphatic heterocycles. The molecule has 0 saturated heterocycles. The molecule has 3 heterocycles. The van der Waals surface area contributed by atoms with Crippen molar-refractivity contribution >= 4 is 39.1 Å². The van der Waals surface area contributed by atoms with E-state index in [1.54, 1.807) is 23.0 Å². The highest BCUT2D eigenvalue weighted by atomic mass is 32.2. The standard InChI is InChI=1S/C24H31N3O3S2/c1-6-26-23(29)21-17-9-7-8-10-20(17)32-22(21)25-24(26)31-13-19(28)18-11-14(2)27(16(18)4)15(3)12-30-5/h11,15H,6-10,12-13H2,1-5H3. The van der Waals surface area contributed by atoms with Crippen molar-refractivity contribution < 1.29 is 9.53 Å². The van der Waals surface area contributed by atoms with Gasteiger partial charge in [0.2, 0.25) is 0 Å². The number of aromatic nitrogens is 3. The van der Waals surface area contributed by atoms with Crippen molar-refractivity contribution in [3.63, 3.8) is 0 Å². The van der Waals surface area contributed by atoms with E-state index in [2.05, 4.69) is 11.5 Å². The second-order valence-corrected chi connectivity index (χ2v) is 10.5. The van der Waals surface area contributed by atoms with Crippen molar-refractivity contribution in [3.8, 4) is 0 Å². The number of ketones is 1. The normalized spacial score (nSPS) is 14.7. The van der Waals surface area contributed by atoms with Crippen LogP contribution in [0.4, 0.5) is 0 Å². The fourth-order valence-corrected chi connectivity index (χ4v) is 7.12. The molecule has 8 heteroatoms. The van der Waals surface area contributed by atoms with Gasteiger partial charge in [-0.1, -0.05) is 11.8 Å². The van der Waals surface area contributed by atoms with Gasteiger partial charge in [-0.05, 0) is 65.0 Å². The van der Waals surface area contributed by atoms with Crippen LogP contribution in [0.25, 0.3) is 10.2 Å². The van der Waals surface area contributed by atoms with Crippen LogP contribution in [0, 0.1) is 13.8 Å². The molecule has 3 aromatic heterocycles. The Labute approximate surface area is 197 Å². The number of methoxy groups -OCH3 is 1. The Morgan fingerprint density at radius 2 is 2.06 bits per heavy atom. The van der Waals surface area contributed by atoms with Gasteiger partial charge in [-0.3, -0.25) is 14.2 Å². The Kier molecular flexibility index (Phi) is 6.93. The molecule has 0 fully saturated rings. The number of fused-ring (bicyclic) bond motifs is 3. The number of thiophene rings is 1. The molecule has 1 aliphatic rings. The van der Waals surface area contributed by atoms with Gasteiger partial charge in [0.1, 0.15) is 4.83 Å².